The molecule has 0 saturated heterocycles. The third-order valence-electron chi connectivity index (χ3n) is 1.26. The molecule has 0 amide bonds. The molecule has 0 aromatic carbocycles. The van der Waals surface area contributed by atoms with E-state index in [9.17, 15) is 4.79 Å². The largest absolute Gasteiger partial charge is 0.478 e. The number of nitrogens with zero attached hydrogens (tertiary/aromatic N) is 1. The molecule has 1 rings (SSSR count). The van der Waals surface area contributed by atoms with Crippen molar-refractivity contribution in [2.24, 2.45) is 5.73 Å². The van der Waals surface area contributed by atoms with Gasteiger partial charge in [0.25, 0.3) is 0 Å². The van der Waals surface area contributed by atoms with Crippen molar-refractivity contribution in [1.82, 2.24) is 5.16 Å². The predicted octanol–water partition coefficient (Wildman–Crippen LogP) is -0.126. The van der Waals surface area contributed by atoms with E-state index in [0.717, 1.165) is 6.26 Å². The van der Waals surface area contributed by atoms with Gasteiger partial charge >= 0.3 is 5.97 Å². The summed E-state index contributed by atoms with van der Waals surface area (Å²) in [5, 5.41) is 12.0. The summed E-state index contributed by atoms with van der Waals surface area (Å²) < 4.78 is 4.47. The molecule has 3 N–H and O–H groups in total. The van der Waals surface area contributed by atoms with E-state index < -0.39 is 5.97 Å². The molecule has 0 fully saturated rings. The molecule has 11 heavy (non-hydrogen) atoms. The topological polar surface area (TPSA) is 89.4 Å². The summed E-state index contributed by atoms with van der Waals surface area (Å²) in [5.41, 5.74) is 5.71. The van der Waals surface area contributed by atoms with Gasteiger partial charge in [0.1, 0.15) is 11.8 Å². The first-order valence-corrected chi connectivity index (χ1v) is 3.12. The van der Waals surface area contributed by atoms with Crippen LogP contribution in [0.15, 0.2) is 10.8 Å². The van der Waals surface area contributed by atoms with Crippen LogP contribution in [0.2, 0.25) is 0 Å². The number of aromatic carboxylic acids is 1. The second-order valence-corrected chi connectivity index (χ2v) is 2.02. The van der Waals surface area contributed by atoms with Crippen LogP contribution < -0.4 is 5.73 Å². The molecule has 1 aromatic heterocycles. The van der Waals surface area contributed by atoms with Crippen molar-refractivity contribution in [2.45, 2.75) is 6.42 Å². The van der Waals surface area contributed by atoms with Crippen LogP contribution in [0.3, 0.4) is 0 Å². The van der Waals surface area contributed by atoms with E-state index >= 15 is 0 Å². The summed E-state index contributed by atoms with van der Waals surface area (Å²) in [6, 6.07) is 0. The molecule has 0 atom stereocenters. The molecular formula is C6H8N2O3. The lowest BCUT2D eigenvalue weighted by atomic mass is 10.2. The van der Waals surface area contributed by atoms with Gasteiger partial charge in [0.05, 0.1) is 5.69 Å². The Balaban J connectivity index is 2.87. The standard InChI is InChI=1S/C6H8N2O3/c7-2-1-5-4(6(9)10)3-11-8-5/h3H,1-2,7H2,(H,9,10). The maximum Gasteiger partial charge on any atom is 0.340 e. The normalized spacial score (nSPS) is 9.91. The zero-order chi connectivity index (χ0) is 8.27. The minimum atomic E-state index is -1.03. The Hall–Kier alpha value is -1.36. The van der Waals surface area contributed by atoms with Crippen molar-refractivity contribution in [1.29, 1.82) is 0 Å². The van der Waals surface area contributed by atoms with Crippen LogP contribution in [0.4, 0.5) is 0 Å². The highest BCUT2D eigenvalue weighted by Gasteiger charge is 2.12. The Labute approximate surface area is 62.8 Å². The maximum atomic E-state index is 10.4. The van der Waals surface area contributed by atoms with E-state index in [1.54, 1.807) is 0 Å². The van der Waals surface area contributed by atoms with Crippen LogP contribution in [0.25, 0.3) is 0 Å². The molecule has 1 aromatic rings. The number of hydrogen-bond acceptors (Lipinski definition) is 4. The first-order valence-electron chi connectivity index (χ1n) is 3.12. The summed E-state index contributed by atoms with van der Waals surface area (Å²) in [6.45, 7) is 0.368. The van der Waals surface area contributed by atoms with Gasteiger partial charge < -0.3 is 15.4 Å². The van der Waals surface area contributed by atoms with Crippen molar-refractivity contribution >= 4 is 5.97 Å². The van der Waals surface area contributed by atoms with E-state index in [0.29, 0.717) is 18.7 Å². The van der Waals surface area contributed by atoms with E-state index in [2.05, 4.69) is 9.68 Å². The fraction of sp³-hybridized carbons (Fsp3) is 0.333. The Kier molecular flexibility index (Phi) is 2.22. The van der Waals surface area contributed by atoms with Crippen molar-refractivity contribution in [3.8, 4) is 0 Å². The van der Waals surface area contributed by atoms with Crippen LogP contribution in [0.5, 0.6) is 0 Å². The van der Waals surface area contributed by atoms with Gasteiger partial charge in [0, 0.05) is 6.42 Å². The number of carboxylic acids is 1. The number of carboxylic acid groups (broad SMARTS) is 1. The minimum absolute atomic E-state index is 0.0930. The van der Waals surface area contributed by atoms with Crippen molar-refractivity contribution in [3.05, 3.63) is 17.5 Å². The van der Waals surface area contributed by atoms with Crippen LogP contribution in [0.1, 0.15) is 16.1 Å². The second kappa shape index (κ2) is 3.16. The zero-order valence-corrected chi connectivity index (χ0v) is 5.78. The Morgan fingerprint density at radius 2 is 2.55 bits per heavy atom. The van der Waals surface area contributed by atoms with Gasteiger partial charge in [-0.25, -0.2) is 4.79 Å². The molecule has 5 heteroatoms. The van der Waals surface area contributed by atoms with Gasteiger partial charge in [-0.2, -0.15) is 0 Å². The van der Waals surface area contributed by atoms with Gasteiger partial charge in [-0.1, -0.05) is 5.16 Å². The molecule has 0 saturated carbocycles. The number of hydrogen-bond donors (Lipinski definition) is 2. The summed E-state index contributed by atoms with van der Waals surface area (Å²) in [5.74, 6) is -1.03. The van der Waals surface area contributed by atoms with Gasteiger partial charge in [0.2, 0.25) is 0 Å². The molecule has 1 heterocycles. The summed E-state index contributed by atoms with van der Waals surface area (Å²) in [4.78, 5) is 10.4. The fourth-order valence-electron chi connectivity index (χ4n) is 0.751. The number of aromatic nitrogens is 1. The fourth-order valence-corrected chi connectivity index (χ4v) is 0.751. The molecule has 0 spiro atoms. The smallest absolute Gasteiger partial charge is 0.340 e. The van der Waals surface area contributed by atoms with Gasteiger partial charge in [-0.15, -0.1) is 0 Å². The molecule has 0 aliphatic carbocycles. The summed E-state index contributed by atoms with van der Waals surface area (Å²) in [6.07, 6.45) is 1.53. The number of nitrogens with two attached hydrogens (primary N) is 1. The molecule has 0 aliphatic heterocycles. The maximum absolute atomic E-state index is 10.4. The predicted molar refractivity (Wildman–Crippen MR) is 36.2 cm³/mol. The van der Waals surface area contributed by atoms with E-state index in [4.69, 9.17) is 10.8 Å². The highest BCUT2D eigenvalue weighted by Crippen LogP contribution is 2.05. The van der Waals surface area contributed by atoms with Crippen LogP contribution in [0, 0.1) is 0 Å². The molecule has 0 bridgehead atoms. The van der Waals surface area contributed by atoms with Crippen LogP contribution >= 0.6 is 0 Å². The van der Waals surface area contributed by atoms with Gasteiger partial charge in [-0.3, -0.25) is 0 Å². The SMILES string of the molecule is NCCc1nocc1C(=O)O. The lowest BCUT2D eigenvalue weighted by molar-refractivity contribution is 0.0695. The summed E-state index contributed by atoms with van der Waals surface area (Å²) >= 11 is 0. The third kappa shape index (κ3) is 1.56. The van der Waals surface area contributed by atoms with E-state index in [1.807, 2.05) is 0 Å². The zero-order valence-electron chi connectivity index (χ0n) is 5.78. The molecule has 0 radical (unpaired) electrons. The van der Waals surface area contributed by atoms with Crippen LogP contribution in [-0.2, 0) is 6.42 Å². The quantitative estimate of drug-likeness (QED) is 0.636. The number of rotatable bonds is 3. The minimum Gasteiger partial charge on any atom is -0.478 e. The molecule has 0 aliphatic rings. The van der Waals surface area contributed by atoms with E-state index in [1.165, 1.54) is 0 Å². The molecule has 60 valence electrons. The molecule has 5 nitrogen and oxygen atoms in total. The Bertz CT molecular complexity index is 256. The average Bonchev–Trinajstić information content (AvgIpc) is 2.36. The number of carbonyl (C=O) groups is 1. The lowest BCUT2D eigenvalue weighted by Crippen LogP contribution is -2.07. The summed E-state index contributed by atoms with van der Waals surface area (Å²) in [7, 11) is 0. The first-order chi connectivity index (χ1) is 5.25. The second-order valence-electron chi connectivity index (χ2n) is 2.02. The Morgan fingerprint density at radius 3 is 3.09 bits per heavy atom. The highest BCUT2D eigenvalue weighted by molar-refractivity contribution is 5.88. The van der Waals surface area contributed by atoms with Gasteiger partial charge in [-0.05, 0) is 6.54 Å². The van der Waals surface area contributed by atoms with Crippen molar-refractivity contribution < 1.29 is 14.4 Å². The van der Waals surface area contributed by atoms with Crippen molar-refractivity contribution in [2.75, 3.05) is 6.54 Å². The lowest BCUT2D eigenvalue weighted by Gasteiger charge is -1.90. The van der Waals surface area contributed by atoms with Crippen LogP contribution in [-0.4, -0.2) is 22.8 Å². The molecular weight excluding hydrogens is 148 g/mol. The van der Waals surface area contributed by atoms with Gasteiger partial charge in [0.15, 0.2) is 0 Å². The average molecular weight is 156 g/mol. The molecule has 0 unspecified atom stereocenters. The highest BCUT2D eigenvalue weighted by atomic mass is 16.5. The Morgan fingerprint density at radius 1 is 1.82 bits per heavy atom. The monoisotopic (exact) mass is 156 g/mol. The first kappa shape index (κ1) is 7.74. The van der Waals surface area contributed by atoms with Crippen molar-refractivity contribution in [3.63, 3.8) is 0 Å². The third-order valence-corrected chi connectivity index (χ3v) is 1.26. The van der Waals surface area contributed by atoms with E-state index in [-0.39, 0.29) is 5.56 Å².